The first-order valence-corrected chi connectivity index (χ1v) is 7.88. The fourth-order valence-electron chi connectivity index (χ4n) is 3.57. The second-order valence-electron chi connectivity index (χ2n) is 6.19. The summed E-state index contributed by atoms with van der Waals surface area (Å²) in [4.78, 5) is 4.56. The molecule has 106 valence electrons. The van der Waals surface area contributed by atoms with E-state index >= 15 is 0 Å². The summed E-state index contributed by atoms with van der Waals surface area (Å²) in [6, 6.07) is 10.6. The van der Waals surface area contributed by atoms with Crippen molar-refractivity contribution in [2.24, 2.45) is 17.6 Å². The molecule has 3 rings (SSSR count). The summed E-state index contributed by atoms with van der Waals surface area (Å²) in [5, 5.41) is 1.20. The summed E-state index contributed by atoms with van der Waals surface area (Å²) in [6.45, 7) is 2.30. The number of rotatable bonds is 3. The molecule has 1 fully saturated rings. The Morgan fingerprint density at radius 3 is 3.00 bits per heavy atom. The predicted octanol–water partition coefficient (Wildman–Crippen LogP) is 4.45. The van der Waals surface area contributed by atoms with Crippen molar-refractivity contribution >= 4 is 10.9 Å². The highest BCUT2D eigenvalue weighted by molar-refractivity contribution is 5.78. The molecule has 1 aromatic heterocycles. The first kappa shape index (κ1) is 13.6. The highest BCUT2D eigenvalue weighted by atomic mass is 14.7. The van der Waals surface area contributed by atoms with Crippen molar-refractivity contribution in [3.63, 3.8) is 0 Å². The molecule has 3 atom stereocenters. The van der Waals surface area contributed by atoms with Crippen LogP contribution in [0.5, 0.6) is 0 Å². The minimum Gasteiger partial charge on any atom is -0.324 e. The van der Waals surface area contributed by atoms with Gasteiger partial charge < -0.3 is 5.73 Å². The Morgan fingerprint density at radius 1 is 1.30 bits per heavy atom. The molecule has 0 bridgehead atoms. The van der Waals surface area contributed by atoms with Crippen LogP contribution in [0.2, 0.25) is 0 Å². The highest BCUT2D eigenvalue weighted by Gasteiger charge is 2.26. The van der Waals surface area contributed by atoms with Gasteiger partial charge in [0.05, 0.1) is 5.52 Å². The van der Waals surface area contributed by atoms with Crippen LogP contribution in [0, 0.1) is 11.8 Å². The van der Waals surface area contributed by atoms with E-state index in [0.717, 1.165) is 11.4 Å². The third-order valence-corrected chi connectivity index (χ3v) is 4.91. The van der Waals surface area contributed by atoms with Crippen molar-refractivity contribution in [3.8, 4) is 0 Å². The van der Waals surface area contributed by atoms with Crippen LogP contribution in [0.1, 0.15) is 50.6 Å². The lowest BCUT2D eigenvalue weighted by Crippen LogP contribution is -2.26. The summed E-state index contributed by atoms with van der Waals surface area (Å²) in [7, 11) is 0. The molecule has 1 aliphatic rings. The molecule has 20 heavy (non-hydrogen) atoms. The maximum absolute atomic E-state index is 6.54. The van der Waals surface area contributed by atoms with E-state index in [4.69, 9.17) is 5.73 Å². The summed E-state index contributed by atoms with van der Waals surface area (Å²) < 4.78 is 0. The zero-order valence-corrected chi connectivity index (χ0v) is 12.3. The van der Waals surface area contributed by atoms with Gasteiger partial charge in [0.15, 0.2) is 0 Å². The van der Waals surface area contributed by atoms with Crippen molar-refractivity contribution in [2.45, 2.75) is 45.1 Å². The topological polar surface area (TPSA) is 38.9 Å². The lowest BCUT2D eigenvalue weighted by atomic mass is 9.75. The second kappa shape index (κ2) is 5.92. The number of nitrogens with two attached hydrogens (primary N) is 1. The van der Waals surface area contributed by atoms with Gasteiger partial charge in [-0.15, -0.1) is 0 Å². The van der Waals surface area contributed by atoms with Gasteiger partial charge in [-0.3, -0.25) is 4.98 Å². The van der Waals surface area contributed by atoms with E-state index in [9.17, 15) is 0 Å². The molecule has 0 amide bonds. The van der Waals surface area contributed by atoms with Crippen LogP contribution in [-0.2, 0) is 0 Å². The van der Waals surface area contributed by atoms with Gasteiger partial charge in [-0.25, -0.2) is 0 Å². The summed E-state index contributed by atoms with van der Waals surface area (Å²) in [5.41, 5.74) is 8.79. The Balaban J connectivity index is 1.82. The van der Waals surface area contributed by atoms with Crippen LogP contribution < -0.4 is 5.73 Å². The number of para-hydroxylation sites is 1. The molecule has 2 aromatic rings. The van der Waals surface area contributed by atoms with E-state index in [1.807, 2.05) is 12.3 Å². The summed E-state index contributed by atoms with van der Waals surface area (Å²) in [6.07, 6.45) is 8.53. The first-order valence-electron chi connectivity index (χ1n) is 7.88. The Hall–Kier alpha value is -1.41. The third kappa shape index (κ3) is 2.71. The molecule has 2 heteroatoms. The van der Waals surface area contributed by atoms with Crippen LogP contribution in [0.3, 0.4) is 0 Å². The lowest BCUT2D eigenvalue weighted by Gasteiger charge is -2.32. The third-order valence-electron chi connectivity index (χ3n) is 4.91. The molecule has 0 spiro atoms. The average Bonchev–Trinajstić information content (AvgIpc) is 2.53. The van der Waals surface area contributed by atoms with E-state index in [-0.39, 0.29) is 6.04 Å². The summed E-state index contributed by atoms with van der Waals surface area (Å²) in [5.74, 6) is 1.49. The lowest BCUT2D eigenvalue weighted by molar-refractivity contribution is 0.230. The highest BCUT2D eigenvalue weighted by Crippen LogP contribution is 2.37. The van der Waals surface area contributed by atoms with Crippen molar-refractivity contribution in [3.05, 3.63) is 42.1 Å². The van der Waals surface area contributed by atoms with Gasteiger partial charge >= 0.3 is 0 Å². The van der Waals surface area contributed by atoms with Gasteiger partial charge in [-0.05, 0) is 42.4 Å². The van der Waals surface area contributed by atoms with Gasteiger partial charge in [0.2, 0.25) is 0 Å². The van der Waals surface area contributed by atoms with E-state index in [1.165, 1.54) is 43.1 Å². The molecule has 0 saturated heterocycles. The Morgan fingerprint density at radius 2 is 2.15 bits per heavy atom. The number of nitrogens with zero attached hydrogens (tertiary/aromatic N) is 1. The van der Waals surface area contributed by atoms with E-state index < -0.39 is 0 Å². The SMILES string of the molecule is CCC1CCCC(C(N)c2cnc3ccccc3c2)C1. The minimum absolute atomic E-state index is 0.140. The maximum Gasteiger partial charge on any atom is 0.0702 e. The Labute approximate surface area is 121 Å². The molecular formula is C18H24N2. The molecule has 0 aliphatic heterocycles. The molecular weight excluding hydrogens is 244 g/mol. The van der Waals surface area contributed by atoms with Crippen molar-refractivity contribution in [2.75, 3.05) is 0 Å². The zero-order valence-electron chi connectivity index (χ0n) is 12.3. The van der Waals surface area contributed by atoms with Gasteiger partial charge in [-0.1, -0.05) is 44.4 Å². The van der Waals surface area contributed by atoms with Crippen molar-refractivity contribution in [1.82, 2.24) is 4.98 Å². The number of fused-ring (bicyclic) bond motifs is 1. The van der Waals surface area contributed by atoms with Crippen molar-refractivity contribution < 1.29 is 0 Å². The van der Waals surface area contributed by atoms with E-state index in [2.05, 4.69) is 36.2 Å². The molecule has 1 aromatic carbocycles. The van der Waals surface area contributed by atoms with Gasteiger partial charge in [-0.2, -0.15) is 0 Å². The second-order valence-corrected chi connectivity index (χ2v) is 6.19. The number of hydrogen-bond donors (Lipinski definition) is 1. The number of aromatic nitrogens is 1. The van der Waals surface area contributed by atoms with Gasteiger partial charge in [0, 0.05) is 17.6 Å². The van der Waals surface area contributed by atoms with Gasteiger partial charge in [0.1, 0.15) is 0 Å². The monoisotopic (exact) mass is 268 g/mol. The molecule has 1 saturated carbocycles. The number of benzene rings is 1. The van der Waals surface area contributed by atoms with Crippen LogP contribution >= 0.6 is 0 Å². The smallest absolute Gasteiger partial charge is 0.0702 e. The average molecular weight is 268 g/mol. The molecule has 1 aliphatic carbocycles. The molecule has 2 nitrogen and oxygen atoms in total. The van der Waals surface area contributed by atoms with Crippen molar-refractivity contribution in [1.29, 1.82) is 0 Å². The normalized spacial score (nSPS) is 24.7. The zero-order chi connectivity index (χ0) is 13.9. The van der Waals surface area contributed by atoms with Crippen LogP contribution in [-0.4, -0.2) is 4.98 Å². The summed E-state index contributed by atoms with van der Waals surface area (Å²) >= 11 is 0. The molecule has 1 heterocycles. The molecule has 3 unspecified atom stereocenters. The first-order chi connectivity index (χ1) is 9.78. The van der Waals surface area contributed by atoms with Crippen LogP contribution in [0.15, 0.2) is 36.5 Å². The quantitative estimate of drug-likeness (QED) is 0.893. The van der Waals surface area contributed by atoms with E-state index in [1.54, 1.807) is 0 Å². The fourth-order valence-corrected chi connectivity index (χ4v) is 3.57. The van der Waals surface area contributed by atoms with Crippen LogP contribution in [0.25, 0.3) is 10.9 Å². The molecule has 2 N–H and O–H groups in total. The standard InChI is InChI=1S/C18H24N2/c1-2-13-6-5-8-15(10-13)18(19)16-11-14-7-3-4-9-17(14)20-12-16/h3-4,7,9,11-13,15,18H,2,5-6,8,10,19H2,1H3. The molecule has 0 radical (unpaired) electrons. The van der Waals surface area contributed by atoms with Crippen LogP contribution in [0.4, 0.5) is 0 Å². The minimum atomic E-state index is 0.140. The van der Waals surface area contributed by atoms with E-state index in [0.29, 0.717) is 5.92 Å². The fraction of sp³-hybridized carbons (Fsp3) is 0.500. The maximum atomic E-state index is 6.54. The largest absolute Gasteiger partial charge is 0.324 e. The Kier molecular flexibility index (Phi) is 4.02. The number of hydrogen-bond acceptors (Lipinski definition) is 2. The van der Waals surface area contributed by atoms with Gasteiger partial charge in [0.25, 0.3) is 0 Å². The Bertz CT molecular complexity index is 578. The predicted molar refractivity (Wildman–Crippen MR) is 84.4 cm³/mol. The number of pyridine rings is 1.